The monoisotopic (exact) mass is 810 g/mol. The fraction of sp³-hybridized carbons (Fsp3) is 0.341. The molecule has 0 unspecified atom stereocenters. The molecule has 0 aliphatic heterocycles. The first kappa shape index (κ1) is 44.6. The van der Waals surface area contributed by atoms with Gasteiger partial charge < -0.3 is 39.6 Å². The Kier molecular flexibility index (Phi) is 18.2. The number of ether oxygens (including phenoxy) is 4. The van der Waals surface area contributed by atoms with E-state index < -0.39 is 35.6 Å². The van der Waals surface area contributed by atoms with Crippen molar-refractivity contribution in [2.75, 3.05) is 20.3 Å². The fourth-order valence-electron chi connectivity index (χ4n) is 5.94. The zero-order valence-electron chi connectivity index (χ0n) is 31.2. The summed E-state index contributed by atoms with van der Waals surface area (Å²) in [7, 11) is 1.39. The lowest BCUT2D eigenvalue weighted by Crippen LogP contribution is -2.31. The Hall–Kier alpha value is -5.10. The highest BCUT2D eigenvalue weighted by atomic mass is 35.5. The molecular weight excluding hydrogens is 764 g/mol. The Morgan fingerprint density at radius 1 is 0.965 bits per heavy atom. The zero-order chi connectivity index (χ0) is 41.2. The van der Waals surface area contributed by atoms with Crippen LogP contribution < -0.4 is 24.3 Å². The molecule has 0 spiro atoms. The minimum atomic E-state index is -0.919. The van der Waals surface area contributed by atoms with Gasteiger partial charge in [-0.3, -0.25) is 15.2 Å². The lowest BCUT2D eigenvalue weighted by molar-refractivity contribution is -0.497. The van der Waals surface area contributed by atoms with Gasteiger partial charge in [0.2, 0.25) is 5.91 Å². The van der Waals surface area contributed by atoms with Crippen LogP contribution in [-0.4, -0.2) is 87.5 Å². The molecule has 0 radical (unpaired) electrons. The third-order valence-electron chi connectivity index (χ3n) is 8.75. The number of carbonyl (C=O) groups excluding carboxylic acids is 3. The summed E-state index contributed by atoms with van der Waals surface area (Å²) in [4.78, 5) is 41.7. The molecule has 1 saturated carbocycles. The van der Waals surface area contributed by atoms with Crippen molar-refractivity contribution < 1.29 is 63.9 Å². The van der Waals surface area contributed by atoms with Crippen molar-refractivity contribution in [3.05, 3.63) is 113 Å². The van der Waals surface area contributed by atoms with Crippen molar-refractivity contribution in [2.24, 2.45) is 11.8 Å². The largest absolute Gasteiger partial charge is 0.493 e. The molecule has 4 rings (SSSR count). The van der Waals surface area contributed by atoms with Gasteiger partial charge in [0.15, 0.2) is 11.5 Å². The summed E-state index contributed by atoms with van der Waals surface area (Å²) >= 11 is 5.96. The maximum atomic E-state index is 12.5. The Bertz CT molecular complexity index is 1870. The van der Waals surface area contributed by atoms with Gasteiger partial charge in [0.05, 0.1) is 31.3 Å². The van der Waals surface area contributed by atoms with Crippen molar-refractivity contribution in [1.29, 1.82) is 0 Å². The Morgan fingerprint density at radius 3 is 2.53 bits per heavy atom. The van der Waals surface area contributed by atoms with Crippen molar-refractivity contribution in [1.82, 2.24) is 10.7 Å². The van der Waals surface area contributed by atoms with Crippen LogP contribution >= 0.6 is 11.6 Å². The molecule has 1 aliphatic carbocycles. The summed E-state index contributed by atoms with van der Waals surface area (Å²) in [6.07, 6.45) is 9.38. The first-order valence-electron chi connectivity index (χ1n) is 18.1. The summed E-state index contributed by atoms with van der Waals surface area (Å²) in [5, 5.41) is 51.4. The Morgan fingerprint density at radius 2 is 1.75 bits per heavy atom. The highest BCUT2D eigenvalue weighted by Crippen LogP contribution is 2.36. The normalized spacial score (nSPS) is 18.7. The number of nitrogens with zero attached hydrogens (tertiary/aromatic N) is 1. The zero-order valence-corrected chi connectivity index (χ0v) is 31.9. The lowest BCUT2D eigenvalue weighted by atomic mass is 9.89. The SMILES string of the molecule is COc1cc(/C=C/C(=O)Oc2cccc(CON(O)O)c2)ccc1OC(=O)CNC(=O)CCC/C=C\C[C@@H]1[C@@H](/C=C/[C@@H](O)COc2cccc(Cl)c2)[C@H](O)C[C@@H]1O. The highest BCUT2D eigenvalue weighted by molar-refractivity contribution is 6.30. The van der Waals surface area contributed by atoms with Gasteiger partial charge in [-0.25, -0.2) is 14.4 Å². The van der Waals surface area contributed by atoms with E-state index in [1.807, 2.05) is 12.2 Å². The van der Waals surface area contributed by atoms with Crippen molar-refractivity contribution in [2.45, 2.75) is 57.0 Å². The molecule has 3 aromatic carbocycles. The molecule has 0 heterocycles. The number of rotatable bonds is 21. The van der Waals surface area contributed by atoms with Crippen LogP contribution in [0.25, 0.3) is 6.08 Å². The number of hydrogen-bond acceptors (Lipinski definition) is 14. The predicted molar refractivity (Wildman–Crippen MR) is 206 cm³/mol. The molecule has 3 aromatic rings. The number of aliphatic hydroxyl groups is 3. The van der Waals surface area contributed by atoms with Crippen LogP contribution in [0.1, 0.15) is 43.2 Å². The molecule has 16 heteroatoms. The summed E-state index contributed by atoms with van der Waals surface area (Å²) in [6.45, 7) is -0.532. The van der Waals surface area contributed by atoms with E-state index in [0.717, 1.165) is 0 Å². The molecule has 0 bridgehead atoms. The van der Waals surface area contributed by atoms with E-state index in [1.165, 1.54) is 31.4 Å². The molecule has 5 atom stereocenters. The molecule has 0 aromatic heterocycles. The van der Waals surface area contributed by atoms with Gasteiger partial charge in [-0.05, 0) is 84.8 Å². The van der Waals surface area contributed by atoms with Gasteiger partial charge >= 0.3 is 11.9 Å². The molecule has 1 aliphatic rings. The summed E-state index contributed by atoms with van der Waals surface area (Å²) in [6, 6.07) is 17.7. The number of hydrogen-bond donors (Lipinski definition) is 6. The number of benzene rings is 3. The summed E-state index contributed by atoms with van der Waals surface area (Å²) in [5.41, 5.74) is 1.06. The van der Waals surface area contributed by atoms with Gasteiger partial charge in [0.25, 0.3) is 0 Å². The second-order valence-corrected chi connectivity index (χ2v) is 13.5. The van der Waals surface area contributed by atoms with Gasteiger partial charge in [-0.1, -0.05) is 60.2 Å². The smallest absolute Gasteiger partial charge is 0.336 e. The average molecular weight is 811 g/mol. The van der Waals surface area contributed by atoms with Crippen LogP contribution in [0.2, 0.25) is 5.02 Å². The van der Waals surface area contributed by atoms with Crippen LogP contribution in [0.3, 0.4) is 0 Å². The minimum Gasteiger partial charge on any atom is -0.493 e. The first-order valence-corrected chi connectivity index (χ1v) is 18.5. The Labute approximate surface area is 334 Å². The number of allylic oxidation sites excluding steroid dienone is 2. The number of unbranched alkanes of at least 4 members (excludes halogenated alkanes) is 1. The summed E-state index contributed by atoms with van der Waals surface area (Å²) in [5.74, 6) is -1.26. The first-order chi connectivity index (χ1) is 27.4. The van der Waals surface area contributed by atoms with E-state index in [9.17, 15) is 29.7 Å². The topological polar surface area (TPSA) is 214 Å². The van der Waals surface area contributed by atoms with Gasteiger partial charge in [-0.15, -0.1) is 0 Å². The molecule has 1 amide bonds. The maximum Gasteiger partial charge on any atom is 0.336 e. The average Bonchev–Trinajstić information content (AvgIpc) is 3.46. The number of nitrogens with one attached hydrogen (secondary N) is 1. The van der Waals surface area contributed by atoms with E-state index in [2.05, 4.69) is 10.2 Å². The van der Waals surface area contributed by atoms with Gasteiger partial charge in [-0.2, -0.15) is 0 Å². The maximum absolute atomic E-state index is 12.5. The molecule has 57 heavy (non-hydrogen) atoms. The number of amides is 1. The van der Waals surface area contributed by atoms with E-state index in [0.29, 0.717) is 41.2 Å². The number of methoxy groups -OCH3 is 1. The molecule has 0 saturated heterocycles. The predicted octanol–water partition coefficient (Wildman–Crippen LogP) is 4.97. The second-order valence-electron chi connectivity index (χ2n) is 13.0. The van der Waals surface area contributed by atoms with Gasteiger partial charge in [0, 0.05) is 29.9 Å². The summed E-state index contributed by atoms with van der Waals surface area (Å²) < 4.78 is 21.5. The standard InChI is InChI=1S/C41H47ClN2O13/c1-53-38-21-27(15-19-40(49)56-32-11-6-8-28(20-32)25-55-44(51)52)14-18-37(38)57-41(50)24-43-39(48)13-5-3-2-4-12-33-34(36(47)23-35(33)46)17-16-30(45)26-54-31-10-7-9-29(42)22-31/h2,4,6-11,14-22,30,33-36,45-47,51-52H,3,5,12-13,23-26H2,1H3,(H,43,48)/b4-2-,17-16+,19-15+/t30-,33-,34-,35+,36-/m1/s1. The number of carbonyl (C=O) groups is 3. The van der Waals surface area contributed by atoms with E-state index in [1.54, 1.807) is 66.7 Å². The van der Waals surface area contributed by atoms with Crippen molar-refractivity contribution in [3.63, 3.8) is 0 Å². The van der Waals surface area contributed by atoms with E-state index in [-0.39, 0.29) is 67.6 Å². The minimum absolute atomic E-state index is 0.00296. The molecule has 1 fully saturated rings. The van der Waals surface area contributed by atoms with E-state index >= 15 is 0 Å². The van der Waals surface area contributed by atoms with E-state index in [4.69, 9.17) is 41.0 Å². The van der Waals surface area contributed by atoms with Crippen LogP contribution in [0.5, 0.6) is 23.0 Å². The van der Waals surface area contributed by atoms with Crippen LogP contribution in [0.15, 0.2) is 97.1 Å². The van der Waals surface area contributed by atoms with Crippen molar-refractivity contribution >= 4 is 35.5 Å². The fourth-order valence-corrected chi connectivity index (χ4v) is 6.12. The Balaban J connectivity index is 1.14. The third kappa shape index (κ3) is 15.8. The van der Waals surface area contributed by atoms with Gasteiger partial charge in [0.1, 0.15) is 30.8 Å². The van der Waals surface area contributed by atoms with Crippen LogP contribution in [0, 0.1) is 11.8 Å². The molecule has 306 valence electrons. The van der Waals surface area contributed by atoms with Crippen LogP contribution in [0.4, 0.5) is 0 Å². The quantitative estimate of drug-likeness (QED) is 0.0209. The molecule has 6 N–H and O–H groups in total. The van der Waals surface area contributed by atoms with Crippen LogP contribution in [-0.2, 0) is 25.8 Å². The highest BCUT2D eigenvalue weighted by Gasteiger charge is 2.39. The number of aliphatic hydroxyl groups excluding tert-OH is 3. The second kappa shape index (κ2) is 23.2. The van der Waals surface area contributed by atoms with Crippen molar-refractivity contribution in [3.8, 4) is 23.0 Å². The molecule has 15 nitrogen and oxygen atoms in total. The molecular formula is C41H47ClN2O13. The third-order valence-corrected chi connectivity index (χ3v) is 8.99. The number of esters is 2. The number of halogens is 1. The lowest BCUT2D eigenvalue weighted by Gasteiger charge is -2.19.